The molecule has 35 heavy (non-hydrogen) atoms. The largest absolute Gasteiger partial charge is 0.487 e. The van der Waals surface area contributed by atoms with Crippen LogP contribution in [0.3, 0.4) is 0 Å². The van der Waals surface area contributed by atoms with Gasteiger partial charge in [-0.2, -0.15) is 0 Å². The molecule has 182 valence electrons. The number of aryl methyl sites for hydroxylation is 1. The van der Waals surface area contributed by atoms with E-state index in [9.17, 15) is 4.79 Å². The van der Waals surface area contributed by atoms with Crippen LogP contribution < -0.4 is 9.47 Å². The average molecular weight is 469 g/mol. The summed E-state index contributed by atoms with van der Waals surface area (Å²) in [6, 6.07) is 18.1. The minimum atomic E-state index is -0.318. The van der Waals surface area contributed by atoms with E-state index in [4.69, 9.17) is 9.47 Å². The average Bonchev–Trinajstić information content (AvgIpc) is 2.83. The Morgan fingerprint density at radius 2 is 1.86 bits per heavy atom. The Morgan fingerprint density at radius 1 is 1.06 bits per heavy atom. The number of hydrogen-bond acceptors (Lipinski definition) is 3. The Hall–Kier alpha value is -3.07. The lowest BCUT2D eigenvalue weighted by Crippen LogP contribution is -2.45. The van der Waals surface area contributed by atoms with E-state index in [-0.39, 0.29) is 17.5 Å². The molecule has 3 nitrogen and oxygen atoms in total. The van der Waals surface area contributed by atoms with Crippen molar-refractivity contribution in [2.45, 2.75) is 77.7 Å². The van der Waals surface area contributed by atoms with E-state index in [0.717, 1.165) is 47.8 Å². The molecule has 0 saturated carbocycles. The molecule has 1 heterocycles. The number of unbranched alkanes of at least 4 members (excludes halogenated alkanes) is 2. The summed E-state index contributed by atoms with van der Waals surface area (Å²) in [7, 11) is 0. The van der Waals surface area contributed by atoms with Crippen LogP contribution in [0.4, 0.5) is 0 Å². The molecule has 0 N–H and O–H groups in total. The summed E-state index contributed by atoms with van der Waals surface area (Å²) in [6.45, 7) is 8.82. The standard InChI is InChI=1S/C32H36O3/c1-5-6-7-10-22-18-28(34-31(33)25-15-14-23-11-8-9-12-24(23)20-25)30-26-17-21(2)13-16-27(26)32(3,4)35-29(30)19-22/h8-9,11-12,14-15,17-20,26-27H,5-7,10,13,16H2,1-4H3/t26-,27-/m1/s1. The minimum Gasteiger partial charge on any atom is -0.487 e. The normalized spacial score (nSPS) is 20.4. The summed E-state index contributed by atoms with van der Waals surface area (Å²) in [6.07, 6.45) is 8.96. The molecular weight excluding hydrogens is 432 g/mol. The minimum absolute atomic E-state index is 0.187. The van der Waals surface area contributed by atoms with Crippen LogP contribution in [0.1, 0.15) is 87.2 Å². The smallest absolute Gasteiger partial charge is 0.343 e. The first-order valence-electron chi connectivity index (χ1n) is 13.1. The highest BCUT2D eigenvalue weighted by molar-refractivity contribution is 5.96. The summed E-state index contributed by atoms with van der Waals surface area (Å²) >= 11 is 0. The van der Waals surface area contributed by atoms with Gasteiger partial charge in [0.2, 0.25) is 0 Å². The lowest BCUT2D eigenvalue weighted by Gasteiger charge is -2.46. The lowest BCUT2D eigenvalue weighted by molar-refractivity contribution is 0.0106. The van der Waals surface area contributed by atoms with E-state index in [1.807, 2.05) is 36.4 Å². The molecule has 0 unspecified atom stereocenters. The highest BCUT2D eigenvalue weighted by Crippen LogP contribution is 2.53. The molecule has 0 aromatic heterocycles. The van der Waals surface area contributed by atoms with E-state index in [1.54, 1.807) is 0 Å². The number of carbonyl (C=O) groups is 1. The van der Waals surface area contributed by atoms with Crippen molar-refractivity contribution < 1.29 is 14.3 Å². The van der Waals surface area contributed by atoms with E-state index in [1.165, 1.54) is 24.0 Å². The maximum Gasteiger partial charge on any atom is 0.343 e. The van der Waals surface area contributed by atoms with Gasteiger partial charge in [-0.15, -0.1) is 0 Å². The Morgan fingerprint density at radius 3 is 2.66 bits per heavy atom. The monoisotopic (exact) mass is 468 g/mol. The van der Waals surface area contributed by atoms with Gasteiger partial charge in [-0.3, -0.25) is 0 Å². The molecule has 2 atom stereocenters. The van der Waals surface area contributed by atoms with E-state index < -0.39 is 0 Å². The van der Waals surface area contributed by atoms with Crippen molar-refractivity contribution in [2.24, 2.45) is 5.92 Å². The van der Waals surface area contributed by atoms with Gasteiger partial charge in [0.25, 0.3) is 0 Å². The quantitative estimate of drug-likeness (QED) is 0.158. The number of rotatable bonds is 6. The number of allylic oxidation sites excluding steroid dienone is 2. The lowest BCUT2D eigenvalue weighted by atomic mass is 9.68. The molecule has 0 spiro atoms. The molecular formula is C32H36O3. The zero-order chi connectivity index (χ0) is 24.6. The van der Waals surface area contributed by atoms with Crippen LogP contribution >= 0.6 is 0 Å². The second-order valence-corrected chi connectivity index (χ2v) is 10.8. The molecule has 1 aliphatic heterocycles. The molecule has 2 aliphatic rings. The van der Waals surface area contributed by atoms with Gasteiger partial charge in [0, 0.05) is 17.4 Å². The highest BCUT2D eigenvalue weighted by atomic mass is 16.5. The van der Waals surface area contributed by atoms with Gasteiger partial charge in [0.15, 0.2) is 0 Å². The van der Waals surface area contributed by atoms with Crippen LogP contribution in [0.2, 0.25) is 0 Å². The van der Waals surface area contributed by atoms with Crippen molar-refractivity contribution >= 4 is 16.7 Å². The second kappa shape index (κ2) is 9.53. The van der Waals surface area contributed by atoms with Crippen molar-refractivity contribution in [2.75, 3.05) is 0 Å². The summed E-state index contributed by atoms with van der Waals surface area (Å²) in [4.78, 5) is 13.4. The van der Waals surface area contributed by atoms with E-state index in [2.05, 4.69) is 52.0 Å². The van der Waals surface area contributed by atoms with Crippen molar-refractivity contribution in [3.63, 3.8) is 0 Å². The zero-order valence-corrected chi connectivity index (χ0v) is 21.4. The number of benzene rings is 3. The summed E-state index contributed by atoms with van der Waals surface area (Å²) in [5.74, 6) is 1.75. The number of hydrogen-bond donors (Lipinski definition) is 0. The predicted molar refractivity (Wildman–Crippen MR) is 143 cm³/mol. The van der Waals surface area contributed by atoms with Gasteiger partial charge < -0.3 is 9.47 Å². The summed E-state index contributed by atoms with van der Waals surface area (Å²) in [5.41, 5.74) is 3.90. The van der Waals surface area contributed by atoms with Gasteiger partial charge in [-0.25, -0.2) is 4.79 Å². The van der Waals surface area contributed by atoms with Crippen LogP contribution in [0.5, 0.6) is 11.5 Å². The first-order valence-corrected chi connectivity index (χ1v) is 13.1. The van der Waals surface area contributed by atoms with Gasteiger partial charge >= 0.3 is 5.97 Å². The third kappa shape index (κ3) is 4.74. The maximum atomic E-state index is 13.4. The molecule has 0 bridgehead atoms. The Kier molecular flexibility index (Phi) is 6.44. The van der Waals surface area contributed by atoms with Crippen molar-refractivity contribution in [1.29, 1.82) is 0 Å². The van der Waals surface area contributed by atoms with Gasteiger partial charge in [0.1, 0.15) is 17.1 Å². The number of carbonyl (C=O) groups excluding carboxylic acids is 1. The molecule has 0 fully saturated rings. The molecule has 3 aromatic carbocycles. The van der Waals surface area contributed by atoms with E-state index in [0.29, 0.717) is 17.2 Å². The summed E-state index contributed by atoms with van der Waals surface area (Å²) < 4.78 is 12.8. The second-order valence-electron chi connectivity index (χ2n) is 10.8. The number of fused-ring (bicyclic) bond motifs is 4. The molecule has 0 amide bonds. The molecule has 3 heteroatoms. The van der Waals surface area contributed by atoms with Crippen LogP contribution in [-0.2, 0) is 6.42 Å². The first kappa shape index (κ1) is 23.7. The molecule has 3 aromatic rings. The topological polar surface area (TPSA) is 35.5 Å². The van der Waals surface area contributed by atoms with Crippen LogP contribution in [0, 0.1) is 5.92 Å². The third-order valence-corrected chi connectivity index (χ3v) is 7.77. The Bertz CT molecular complexity index is 1280. The molecule has 0 saturated heterocycles. The molecule has 0 radical (unpaired) electrons. The fourth-order valence-corrected chi connectivity index (χ4v) is 5.84. The maximum absolute atomic E-state index is 13.4. The zero-order valence-electron chi connectivity index (χ0n) is 21.4. The fourth-order valence-electron chi connectivity index (χ4n) is 5.84. The van der Waals surface area contributed by atoms with E-state index >= 15 is 0 Å². The van der Waals surface area contributed by atoms with Gasteiger partial charge in [-0.1, -0.05) is 61.7 Å². The van der Waals surface area contributed by atoms with Crippen LogP contribution in [0.15, 0.2) is 66.2 Å². The third-order valence-electron chi connectivity index (χ3n) is 7.77. The Labute approximate surface area is 209 Å². The van der Waals surface area contributed by atoms with Crippen molar-refractivity contribution in [3.8, 4) is 11.5 Å². The first-order chi connectivity index (χ1) is 16.9. The SMILES string of the molecule is CCCCCc1cc(OC(=O)c2ccc3ccccc3c2)c2c(c1)OC(C)(C)[C@@H]1CCC(C)=C[C@@H]21. The Balaban J connectivity index is 1.56. The van der Waals surface area contributed by atoms with Gasteiger partial charge in [-0.05, 0) is 87.1 Å². The fraction of sp³-hybridized carbons (Fsp3) is 0.406. The molecule has 1 aliphatic carbocycles. The van der Waals surface area contributed by atoms with Crippen LogP contribution in [-0.4, -0.2) is 11.6 Å². The van der Waals surface area contributed by atoms with Crippen molar-refractivity contribution in [3.05, 3.63) is 82.9 Å². The van der Waals surface area contributed by atoms with Crippen LogP contribution in [0.25, 0.3) is 10.8 Å². The summed E-state index contributed by atoms with van der Waals surface area (Å²) in [5, 5.41) is 2.15. The molecule has 5 rings (SSSR count). The van der Waals surface area contributed by atoms with Gasteiger partial charge in [0.05, 0.1) is 5.56 Å². The predicted octanol–water partition coefficient (Wildman–Crippen LogP) is 8.40. The van der Waals surface area contributed by atoms with Crippen molar-refractivity contribution in [1.82, 2.24) is 0 Å². The highest BCUT2D eigenvalue weighted by Gasteiger charge is 2.45. The number of esters is 1. The number of ether oxygens (including phenoxy) is 2.